The average molecular weight is 324 g/mol. The second-order valence-corrected chi connectivity index (χ2v) is 6.91. The van der Waals surface area contributed by atoms with Crippen molar-refractivity contribution in [2.45, 2.75) is 44.3 Å². The first-order valence-electron chi connectivity index (χ1n) is 8.94. The third kappa shape index (κ3) is 3.39. The Morgan fingerprint density at radius 2 is 1.71 bits per heavy atom. The molecule has 1 aliphatic heterocycles. The lowest BCUT2D eigenvalue weighted by Gasteiger charge is -2.38. The molecule has 2 heterocycles. The predicted octanol–water partition coefficient (Wildman–Crippen LogP) is 3.55. The van der Waals surface area contributed by atoms with Crippen molar-refractivity contribution >= 4 is 5.91 Å². The molecule has 126 valence electrons. The van der Waals surface area contributed by atoms with Gasteiger partial charge in [0.2, 0.25) is 0 Å². The van der Waals surface area contributed by atoms with Gasteiger partial charge in [0.25, 0.3) is 5.91 Å². The van der Waals surface area contributed by atoms with E-state index in [2.05, 4.69) is 40.1 Å². The van der Waals surface area contributed by atoms with Crippen LogP contribution in [0.15, 0.2) is 53.1 Å². The lowest BCUT2D eigenvalue weighted by atomic mass is 10.0. The molecule has 2 aromatic rings. The summed E-state index contributed by atoms with van der Waals surface area (Å²) in [5.74, 6) is 0.553. The van der Waals surface area contributed by atoms with Gasteiger partial charge in [-0.15, -0.1) is 0 Å². The third-order valence-corrected chi connectivity index (χ3v) is 5.11. The Bertz CT molecular complexity index is 656. The van der Waals surface area contributed by atoms with E-state index >= 15 is 0 Å². The summed E-state index contributed by atoms with van der Waals surface area (Å²) < 4.78 is 5.34. The topological polar surface area (TPSA) is 36.7 Å². The van der Waals surface area contributed by atoms with Crippen LogP contribution in [0.25, 0.3) is 0 Å². The minimum absolute atomic E-state index is 0.0732. The molecule has 0 spiro atoms. The third-order valence-electron chi connectivity index (χ3n) is 5.11. The fourth-order valence-corrected chi connectivity index (χ4v) is 3.71. The van der Waals surface area contributed by atoms with E-state index in [1.807, 2.05) is 0 Å². The van der Waals surface area contributed by atoms with Crippen molar-refractivity contribution in [2.75, 3.05) is 13.1 Å². The number of carbonyl (C=O) groups is 1. The minimum atomic E-state index is 0.0732. The molecule has 1 aromatic carbocycles. The molecule has 0 radical (unpaired) electrons. The zero-order valence-corrected chi connectivity index (χ0v) is 13.9. The number of amides is 1. The number of likely N-dealkylation sites (tertiary alicyclic amines) is 1. The predicted molar refractivity (Wildman–Crippen MR) is 92.6 cm³/mol. The maximum Gasteiger partial charge on any atom is 0.290 e. The van der Waals surface area contributed by atoms with Crippen LogP contribution < -0.4 is 0 Å². The van der Waals surface area contributed by atoms with E-state index in [1.165, 1.54) is 5.56 Å². The van der Waals surface area contributed by atoms with Gasteiger partial charge in [-0.3, -0.25) is 9.69 Å². The molecule has 1 saturated heterocycles. The van der Waals surface area contributed by atoms with Gasteiger partial charge in [0.1, 0.15) is 0 Å². The number of hydrogen-bond donors (Lipinski definition) is 0. The molecule has 1 amide bonds. The Morgan fingerprint density at radius 3 is 2.33 bits per heavy atom. The lowest BCUT2D eigenvalue weighted by molar-refractivity contribution is 0.0512. The molecule has 1 aliphatic carbocycles. The molecule has 2 fully saturated rings. The van der Waals surface area contributed by atoms with Gasteiger partial charge in [0, 0.05) is 31.7 Å². The first kappa shape index (κ1) is 15.5. The molecule has 4 rings (SSSR count). The Balaban J connectivity index is 1.38. The van der Waals surface area contributed by atoms with Crippen LogP contribution in [-0.2, 0) is 6.54 Å². The average Bonchev–Trinajstić information content (AvgIpc) is 3.29. The van der Waals surface area contributed by atoms with Gasteiger partial charge < -0.3 is 9.32 Å². The van der Waals surface area contributed by atoms with E-state index in [0.717, 1.165) is 45.3 Å². The number of rotatable bonds is 5. The molecule has 24 heavy (non-hydrogen) atoms. The molecule has 4 nitrogen and oxygen atoms in total. The highest BCUT2D eigenvalue weighted by molar-refractivity contribution is 5.92. The van der Waals surface area contributed by atoms with Gasteiger partial charge in [0.05, 0.1) is 6.26 Å². The first-order chi connectivity index (χ1) is 11.8. The summed E-state index contributed by atoms with van der Waals surface area (Å²) in [6.07, 6.45) is 5.96. The van der Waals surface area contributed by atoms with E-state index in [0.29, 0.717) is 17.8 Å². The molecule has 0 unspecified atom stereocenters. The summed E-state index contributed by atoms with van der Waals surface area (Å²) in [5.41, 5.74) is 1.36. The second-order valence-electron chi connectivity index (χ2n) is 6.91. The second kappa shape index (κ2) is 6.81. The van der Waals surface area contributed by atoms with E-state index < -0.39 is 0 Å². The summed E-state index contributed by atoms with van der Waals surface area (Å²) in [4.78, 5) is 17.4. The summed E-state index contributed by atoms with van der Waals surface area (Å²) in [5, 5.41) is 0. The van der Waals surface area contributed by atoms with Crippen molar-refractivity contribution in [3.8, 4) is 0 Å². The molecule has 1 saturated carbocycles. The summed E-state index contributed by atoms with van der Waals surface area (Å²) in [7, 11) is 0. The van der Waals surface area contributed by atoms with Crippen molar-refractivity contribution in [3.63, 3.8) is 0 Å². The van der Waals surface area contributed by atoms with Crippen LogP contribution in [0.2, 0.25) is 0 Å². The van der Waals surface area contributed by atoms with Crippen LogP contribution >= 0.6 is 0 Å². The Morgan fingerprint density at radius 1 is 1.00 bits per heavy atom. The molecular weight excluding hydrogens is 300 g/mol. The van der Waals surface area contributed by atoms with Crippen molar-refractivity contribution in [3.05, 3.63) is 60.1 Å². The Kier molecular flexibility index (Phi) is 4.39. The molecule has 0 N–H and O–H groups in total. The number of benzene rings is 1. The van der Waals surface area contributed by atoms with Crippen LogP contribution in [-0.4, -0.2) is 40.9 Å². The Labute approximate surface area is 143 Å². The van der Waals surface area contributed by atoms with E-state index in [-0.39, 0.29) is 5.91 Å². The van der Waals surface area contributed by atoms with Crippen molar-refractivity contribution in [1.29, 1.82) is 0 Å². The lowest BCUT2D eigenvalue weighted by Crippen LogP contribution is -2.48. The van der Waals surface area contributed by atoms with Crippen LogP contribution in [0.3, 0.4) is 0 Å². The summed E-state index contributed by atoms with van der Waals surface area (Å²) in [6, 6.07) is 15.0. The summed E-state index contributed by atoms with van der Waals surface area (Å²) in [6.45, 7) is 3.10. The van der Waals surface area contributed by atoms with Crippen LogP contribution in [0.4, 0.5) is 0 Å². The highest BCUT2D eigenvalue weighted by atomic mass is 16.3. The molecule has 0 bridgehead atoms. The minimum Gasteiger partial charge on any atom is -0.459 e. The van der Waals surface area contributed by atoms with E-state index in [4.69, 9.17) is 4.42 Å². The first-order valence-corrected chi connectivity index (χ1v) is 8.94. The number of nitrogens with zero attached hydrogens (tertiary/aromatic N) is 2. The molecule has 4 heteroatoms. The maximum atomic E-state index is 12.8. The molecular formula is C20H24N2O2. The summed E-state index contributed by atoms with van der Waals surface area (Å²) >= 11 is 0. The highest BCUT2D eigenvalue weighted by Crippen LogP contribution is 2.33. The fourth-order valence-electron chi connectivity index (χ4n) is 3.71. The SMILES string of the molecule is O=C(c1ccco1)N(C1CC1)C1CCN(Cc2ccccc2)CC1. The van der Waals surface area contributed by atoms with Gasteiger partial charge in [-0.25, -0.2) is 0 Å². The Hall–Kier alpha value is -2.07. The zero-order valence-electron chi connectivity index (χ0n) is 13.9. The van der Waals surface area contributed by atoms with E-state index in [9.17, 15) is 4.79 Å². The molecule has 0 atom stereocenters. The maximum absolute atomic E-state index is 12.8. The number of carbonyl (C=O) groups excluding carboxylic acids is 1. The highest BCUT2D eigenvalue weighted by Gasteiger charge is 2.39. The van der Waals surface area contributed by atoms with Crippen molar-refractivity contribution in [1.82, 2.24) is 9.80 Å². The van der Waals surface area contributed by atoms with Gasteiger partial charge >= 0.3 is 0 Å². The molecule has 2 aliphatic rings. The van der Waals surface area contributed by atoms with Crippen LogP contribution in [0.1, 0.15) is 41.8 Å². The van der Waals surface area contributed by atoms with Crippen molar-refractivity contribution in [2.24, 2.45) is 0 Å². The fraction of sp³-hybridized carbons (Fsp3) is 0.450. The smallest absolute Gasteiger partial charge is 0.290 e. The van der Waals surface area contributed by atoms with Crippen LogP contribution in [0, 0.1) is 0 Å². The van der Waals surface area contributed by atoms with Gasteiger partial charge in [-0.2, -0.15) is 0 Å². The normalized spacial score (nSPS) is 19.3. The monoisotopic (exact) mass is 324 g/mol. The largest absolute Gasteiger partial charge is 0.459 e. The quantitative estimate of drug-likeness (QED) is 0.844. The standard InChI is InChI=1S/C20H24N2O2/c23-20(19-7-4-14-24-19)22(17-8-9-17)18-10-12-21(13-11-18)15-16-5-2-1-3-6-16/h1-7,14,17-18H,8-13,15H2. The number of hydrogen-bond acceptors (Lipinski definition) is 3. The van der Waals surface area contributed by atoms with E-state index in [1.54, 1.807) is 18.4 Å². The molecule has 1 aromatic heterocycles. The zero-order chi connectivity index (χ0) is 16.4. The number of piperidine rings is 1. The van der Waals surface area contributed by atoms with Crippen molar-refractivity contribution < 1.29 is 9.21 Å². The van der Waals surface area contributed by atoms with Gasteiger partial charge in [-0.1, -0.05) is 30.3 Å². The van der Waals surface area contributed by atoms with Gasteiger partial charge in [-0.05, 0) is 43.4 Å². The number of furan rings is 1. The van der Waals surface area contributed by atoms with Crippen LogP contribution in [0.5, 0.6) is 0 Å². The van der Waals surface area contributed by atoms with Gasteiger partial charge in [0.15, 0.2) is 5.76 Å².